The Labute approximate surface area is 114 Å². The van der Waals surface area contributed by atoms with Gasteiger partial charge in [0.05, 0.1) is 11.0 Å². The highest BCUT2D eigenvalue weighted by atomic mass is 79.9. The molecule has 0 aliphatic carbocycles. The van der Waals surface area contributed by atoms with Gasteiger partial charge in [0.25, 0.3) is 0 Å². The van der Waals surface area contributed by atoms with Crippen LogP contribution in [0.5, 0.6) is 0 Å². The van der Waals surface area contributed by atoms with Crippen LogP contribution in [0.15, 0.2) is 16.6 Å². The van der Waals surface area contributed by atoms with Gasteiger partial charge in [-0.2, -0.15) is 0 Å². The Kier molecular flexibility index (Phi) is 4.99. The van der Waals surface area contributed by atoms with Crippen LogP contribution in [0.25, 0.3) is 0 Å². The van der Waals surface area contributed by atoms with Crippen molar-refractivity contribution in [1.82, 2.24) is 5.32 Å². The molecule has 2 nitrogen and oxygen atoms in total. The van der Waals surface area contributed by atoms with Crippen LogP contribution >= 0.6 is 15.9 Å². The lowest BCUT2D eigenvalue weighted by atomic mass is 10.1. The van der Waals surface area contributed by atoms with Gasteiger partial charge < -0.3 is 5.32 Å². The summed E-state index contributed by atoms with van der Waals surface area (Å²) in [5.74, 6) is -1.65. The van der Waals surface area contributed by atoms with Gasteiger partial charge in [-0.05, 0) is 48.8 Å². The second-order valence-electron chi connectivity index (χ2n) is 5.14. The number of ketones is 1. The van der Waals surface area contributed by atoms with Crippen molar-refractivity contribution in [3.05, 3.63) is 33.8 Å². The van der Waals surface area contributed by atoms with Crippen molar-refractivity contribution in [3.8, 4) is 0 Å². The van der Waals surface area contributed by atoms with Crippen molar-refractivity contribution >= 4 is 21.7 Å². The monoisotopic (exact) mass is 319 g/mol. The summed E-state index contributed by atoms with van der Waals surface area (Å²) in [6, 6.07) is 2.43. The van der Waals surface area contributed by atoms with Gasteiger partial charge in [-0.25, -0.2) is 8.78 Å². The first-order valence-electron chi connectivity index (χ1n) is 5.60. The topological polar surface area (TPSA) is 29.1 Å². The van der Waals surface area contributed by atoms with E-state index in [1.165, 1.54) is 6.07 Å². The minimum atomic E-state index is -0.709. The van der Waals surface area contributed by atoms with Gasteiger partial charge in [0.15, 0.2) is 5.78 Å². The SMILES string of the molecule is CC(C)(C)NCC(=O)Cc1c(F)ccc(Br)c1F. The molecule has 0 spiro atoms. The number of carbonyl (C=O) groups is 1. The molecule has 0 aromatic heterocycles. The quantitative estimate of drug-likeness (QED) is 0.863. The highest BCUT2D eigenvalue weighted by Crippen LogP contribution is 2.22. The predicted octanol–water partition coefficient (Wildman–Crippen LogP) is 3.23. The van der Waals surface area contributed by atoms with Crippen LogP contribution in [0.2, 0.25) is 0 Å². The Morgan fingerprint density at radius 2 is 1.94 bits per heavy atom. The average Bonchev–Trinajstić information content (AvgIpc) is 2.26. The fourth-order valence-electron chi connectivity index (χ4n) is 1.35. The van der Waals surface area contributed by atoms with Crippen LogP contribution in [-0.4, -0.2) is 17.9 Å². The fraction of sp³-hybridized carbons (Fsp3) is 0.462. The summed E-state index contributed by atoms with van der Waals surface area (Å²) in [6.07, 6.45) is -0.250. The molecule has 1 aromatic carbocycles. The molecule has 0 saturated carbocycles. The Morgan fingerprint density at radius 3 is 2.50 bits per heavy atom. The first kappa shape index (κ1) is 15.2. The molecule has 0 heterocycles. The highest BCUT2D eigenvalue weighted by molar-refractivity contribution is 9.10. The molecule has 0 aliphatic heterocycles. The predicted molar refractivity (Wildman–Crippen MR) is 70.5 cm³/mol. The van der Waals surface area contributed by atoms with E-state index in [1.54, 1.807) is 0 Å². The van der Waals surface area contributed by atoms with Gasteiger partial charge in [0.2, 0.25) is 0 Å². The molecule has 0 bridgehead atoms. The number of nitrogens with one attached hydrogen (secondary N) is 1. The molecule has 0 radical (unpaired) electrons. The Morgan fingerprint density at radius 1 is 1.33 bits per heavy atom. The van der Waals surface area contributed by atoms with Crippen molar-refractivity contribution in [3.63, 3.8) is 0 Å². The van der Waals surface area contributed by atoms with E-state index in [2.05, 4.69) is 21.2 Å². The molecule has 1 N–H and O–H groups in total. The molecule has 0 saturated heterocycles. The molecule has 18 heavy (non-hydrogen) atoms. The van der Waals surface area contributed by atoms with Crippen molar-refractivity contribution in [2.24, 2.45) is 0 Å². The number of benzene rings is 1. The fourth-order valence-corrected chi connectivity index (χ4v) is 1.73. The van der Waals surface area contributed by atoms with Gasteiger partial charge in [-0.3, -0.25) is 4.79 Å². The van der Waals surface area contributed by atoms with E-state index in [0.29, 0.717) is 0 Å². The maximum atomic E-state index is 13.6. The third-order valence-electron chi connectivity index (χ3n) is 2.33. The van der Waals surface area contributed by atoms with Crippen LogP contribution in [0, 0.1) is 11.6 Å². The van der Waals surface area contributed by atoms with Crippen LogP contribution < -0.4 is 5.32 Å². The Balaban J connectivity index is 2.74. The Bertz CT molecular complexity index is 455. The van der Waals surface area contributed by atoms with Crippen molar-refractivity contribution in [1.29, 1.82) is 0 Å². The zero-order valence-electron chi connectivity index (χ0n) is 10.6. The molecule has 1 aromatic rings. The zero-order chi connectivity index (χ0) is 13.9. The standard InChI is InChI=1S/C13H16BrF2NO/c1-13(2,3)17-7-8(18)6-9-11(15)5-4-10(14)12(9)16/h4-5,17H,6-7H2,1-3H3. The largest absolute Gasteiger partial charge is 0.305 e. The molecule has 0 aliphatic rings. The lowest BCUT2D eigenvalue weighted by Crippen LogP contribution is -2.39. The minimum absolute atomic E-state index is 0.0922. The van der Waals surface area contributed by atoms with E-state index >= 15 is 0 Å². The summed E-state index contributed by atoms with van der Waals surface area (Å²) >= 11 is 2.97. The first-order valence-corrected chi connectivity index (χ1v) is 6.39. The van der Waals surface area contributed by atoms with Crippen LogP contribution in [0.4, 0.5) is 8.78 Å². The maximum Gasteiger partial charge on any atom is 0.151 e. The third kappa shape index (κ3) is 4.46. The van der Waals surface area contributed by atoms with Crippen LogP contribution in [0.3, 0.4) is 0 Å². The molecule has 1 rings (SSSR count). The second-order valence-corrected chi connectivity index (χ2v) is 6.00. The van der Waals surface area contributed by atoms with Crippen LogP contribution in [-0.2, 0) is 11.2 Å². The lowest BCUT2D eigenvalue weighted by Gasteiger charge is -2.19. The van der Waals surface area contributed by atoms with Gasteiger partial charge in [0.1, 0.15) is 11.6 Å². The molecule has 5 heteroatoms. The molecular weight excluding hydrogens is 304 g/mol. The zero-order valence-corrected chi connectivity index (χ0v) is 12.2. The summed E-state index contributed by atoms with van der Waals surface area (Å²) in [4.78, 5) is 11.7. The molecule has 0 fully saturated rings. The van der Waals surface area contributed by atoms with Gasteiger partial charge in [-0.1, -0.05) is 0 Å². The lowest BCUT2D eigenvalue weighted by molar-refractivity contribution is -0.118. The number of rotatable bonds is 4. The van der Waals surface area contributed by atoms with E-state index in [-0.39, 0.29) is 34.3 Å². The third-order valence-corrected chi connectivity index (χ3v) is 2.94. The van der Waals surface area contributed by atoms with Gasteiger partial charge in [0, 0.05) is 17.5 Å². The van der Waals surface area contributed by atoms with E-state index in [0.717, 1.165) is 6.07 Å². The van der Waals surface area contributed by atoms with Crippen molar-refractivity contribution < 1.29 is 13.6 Å². The number of hydrogen-bond donors (Lipinski definition) is 1. The van der Waals surface area contributed by atoms with E-state index in [9.17, 15) is 13.6 Å². The molecular formula is C13H16BrF2NO. The number of Topliss-reactive ketones (excluding diaryl/α,β-unsaturated/α-hetero) is 1. The summed E-state index contributed by atoms with van der Waals surface area (Å²) < 4.78 is 27.2. The summed E-state index contributed by atoms with van der Waals surface area (Å²) in [6.45, 7) is 5.84. The van der Waals surface area contributed by atoms with E-state index < -0.39 is 11.6 Å². The molecule has 0 amide bonds. The number of halogens is 3. The van der Waals surface area contributed by atoms with Gasteiger partial charge in [-0.15, -0.1) is 0 Å². The summed E-state index contributed by atoms with van der Waals surface area (Å²) in [5.41, 5.74) is -0.394. The van der Waals surface area contributed by atoms with Gasteiger partial charge >= 0.3 is 0 Å². The molecule has 0 unspecified atom stereocenters. The van der Waals surface area contributed by atoms with Crippen molar-refractivity contribution in [2.45, 2.75) is 32.7 Å². The molecule has 100 valence electrons. The van der Waals surface area contributed by atoms with E-state index in [1.807, 2.05) is 20.8 Å². The van der Waals surface area contributed by atoms with Crippen molar-refractivity contribution in [2.75, 3.05) is 6.54 Å². The first-order chi connectivity index (χ1) is 8.20. The van der Waals surface area contributed by atoms with E-state index in [4.69, 9.17) is 0 Å². The normalized spacial score (nSPS) is 11.7. The Hall–Kier alpha value is -0.810. The minimum Gasteiger partial charge on any atom is -0.305 e. The second kappa shape index (κ2) is 5.89. The number of carbonyl (C=O) groups excluding carboxylic acids is 1. The van der Waals surface area contributed by atoms with Crippen LogP contribution in [0.1, 0.15) is 26.3 Å². The number of hydrogen-bond acceptors (Lipinski definition) is 2. The summed E-state index contributed by atoms with van der Waals surface area (Å²) in [7, 11) is 0. The maximum absolute atomic E-state index is 13.6. The summed E-state index contributed by atoms with van der Waals surface area (Å²) in [5, 5.41) is 2.99. The smallest absolute Gasteiger partial charge is 0.151 e. The highest BCUT2D eigenvalue weighted by Gasteiger charge is 2.17. The average molecular weight is 320 g/mol. The molecule has 0 atom stereocenters.